The summed E-state index contributed by atoms with van der Waals surface area (Å²) in [5.74, 6) is 0. The van der Waals surface area contributed by atoms with E-state index in [1.807, 2.05) is 7.05 Å². The maximum absolute atomic E-state index is 3.64. The number of rotatable bonds is 8. The van der Waals surface area contributed by atoms with Gasteiger partial charge in [0.05, 0.1) is 0 Å². The minimum Gasteiger partial charge on any atom is -0.320 e. The van der Waals surface area contributed by atoms with Gasteiger partial charge in [0.1, 0.15) is 0 Å². The van der Waals surface area contributed by atoms with Gasteiger partial charge in [-0.15, -0.1) is 0 Å². The van der Waals surface area contributed by atoms with Gasteiger partial charge in [-0.25, -0.2) is 0 Å². The highest BCUT2D eigenvalue weighted by Gasteiger charge is 2.25. The predicted molar refractivity (Wildman–Crippen MR) is 76.4 cm³/mol. The van der Waals surface area contributed by atoms with Gasteiger partial charge >= 0.3 is 0 Å². The third-order valence-corrected chi connectivity index (χ3v) is 3.90. The lowest BCUT2D eigenvalue weighted by molar-refractivity contribution is 0.271. The van der Waals surface area contributed by atoms with Crippen LogP contribution < -0.4 is 10.6 Å². The predicted octanol–water partition coefficient (Wildman–Crippen LogP) is 3.10. The molecule has 0 spiro atoms. The maximum Gasteiger partial charge on any atom is 0.000824 e. The number of hydrogen-bond donors (Lipinski definition) is 2. The largest absolute Gasteiger partial charge is 0.320 e. The highest BCUT2D eigenvalue weighted by molar-refractivity contribution is 5.06. The minimum atomic E-state index is 0.504. The van der Waals surface area contributed by atoms with Gasteiger partial charge in [0.25, 0.3) is 0 Å². The Labute approximate surface area is 107 Å². The second-order valence-electron chi connectivity index (χ2n) is 5.91. The molecule has 2 N–H and O–H groups in total. The molecule has 0 fully saturated rings. The normalized spacial score (nSPS) is 24.8. The summed E-state index contributed by atoms with van der Waals surface area (Å²) in [4.78, 5) is 0. The molecule has 1 unspecified atom stereocenters. The van der Waals surface area contributed by atoms with E-state index in [0.717, 1.165) is 6.54 Å². The Morgan fingerprint density at radius 1 is 1.24 bits per heavy atom. The molecule has 0 aromatic heterocycles. The molecule has 17 heavy (non-hydrogen) atoms. The molecule has 0 saturated heterocycles. The van der Waals surface area contributed by atoms with Gasteiger partial charge in [-0.2, -0.15) is 0 Å². The summed E-state index contributed by atoms with van der Waals surface area (Å²) in [6, 6.07) is 0. The zero-order chi connectivity index (χ0) is 12.6. The second kappa shape index (κ2) is 7.88. The highest BCUT2D eigenvalue weighted by Crippen LogP contribution is 2.33. The minimum absolute atomic E-state index is 0.504. The number of allylic oxidation sites excluding steroid dienone is 2. The van der Waals surface area contributed by atoms with Crippen molar-refractivity contribution in [3.05, 3.63) is 11.6 Å². The molecular formula is C15H30N2. The Bertz CT molecular complexity index is 235. The van der Waals surface area contributed by atoms with Crippen LogP contribution in [0.5, 0.6) is 0 Å². The van der Waals surface area contributed by atoms with E-state index in [4.69, 9.17) is 0 Å². The molecule has 0 amide bonds. The van der Waals surface area contributed by atoms with Crippen LogP contribution in [0, 0.1) is 5.41 Å². The van der Waals surface area contributed by atoms with Crippen molar-refractivity contribution in [3.8, 4) is 0 Å². The molecule has 0 aliphatic heterocycles. The standard InChI is InChI=1S/C15H30N2/c1-14-7-9-15(2,10-8-14)13-17-12-6-4-5-11-16-3/h7,16-17H,4-6,8-13H2,1-3H3. The third-order valence-electron chi connectivity index (χ3n) is 3.90. The van der Waals surface area contributed by atoms with Gasteiger partial charge in [0, 0.05) is 6.54 Å². The van der Waals surface area contributed by atoms with Gasteiger partial charge < -0.3 is 10.6 Å². The van der Waals surface area contributed by atoms with E-state index in [9.17, 15) is 0 Å². The van der Waals surface area contributed by atoms with Crippen LogP contribution in [0.15, 0.2) is 11.6 Å². The third kappa shape index (κ3) is 6.23. The van der Waals surface area contributed by atoms with Crippen LogP contribution in [0.1, 0.15) is 52.4 Å². The summed E-state index contributed by atoms with van der Waals surface area (Å²) in [7, 11) is 2.03. The maximum atomic E-state index is 3.64. The van der Waals surface area contributed by atoms with Crippen molar-refractivity contribution in [3.63, 3.8) is 0 Å². The van der Waals surface area contributed by atoms with Crippen molar-refractivity contribution in [2.75, 3.05) is 26.7 Å². The highest BCUT2D eigenvalue weighted by atomic mass is 14.9. The molecule has 1 aliphatic rings. The van der Waals surface area contributed by atoms with Crippen LogP contribution in [0.3, 0.4) is 0 Å². The lowest BCUT2D eigenvalue weighted by Gasteiger charge is -2.32. The van der Waals surface area contributed by atoms with Crippen LogP contribution in [-0.2, 0) is 0 Å². The molecular weight excluding hydrogens is 208 g/mol. The van der Waals surface area contributed by atoms with Crippen LogP contribution in [0.25, 0.3) is 0 Å². The van der Waals surface area contributed by atoms with Crippen molar-refractivity contribution < 1.29 is 0 Å². The van der Waals surface area contributed by atoms with Crippen LogP contribution >= 0.6 is 0 Å². The molecule has 0 aromatic rings. The monoisotopic (exact) mass is 238 g/mol. The fourth-order valence-corrected chi connectivity index (χ4v) is 2.40. The molecule has 0 heterocycles. The van der Waals surface area contributed by atoms with E-state index in [1.165, 1.54) is 51.6 Å². The Morgan fingerprint density at radius 2 is 2.00 bits per heavy atom. The summed E-state index contributed by atoms with van der Waals surface area (Å²) in [6.45, 7) is 8.20. The molecule has 0 saturated carbocycles. The van der Waals surface area contributed by atoms with Crippen LogP contribution in [0.2, 0.25) is 0 Å². The number of hydrogen-bond acceptors (Lipinski definition) is 2. The molecule has 0 bridgehead atoms. The van der Waals surface area contributed by atoms with Gasteiger partial charge in [-0.3, -0.25) is 0 Å². The first kappa shape index (κ1) is 14.7. The van der Waals surface area contributed by atoms with Gasteiger partial charge in [0.2, 0.25) is 0 Å². The summed E-state index contributed by atoms with van der Waals surface area (Å²) in [5.41, 5.74) is 2.08. The zero-order valence-electron chi connectivity index (χ0n) is 11.9. The first-order valence-electron chi connectivity index (χ1n) is 7.17. The van der Waals surface area contributed by atoms with Crippen molar-refractivity contribution in [1.29, 1.82) is 0 Å². The van der Waals surface area contributed by atoms with Crippen LogP contribution in [0.4, 0.5) is 0 Å². The zero-order valence-corrected chi connectivity index (χ0v) is 11.9. The molecule has 1 atom stereocenters. The Kier molecular flexibility index (Phi) is 6.83. The van der Waals surface area contributed by atoms with E-state index in [2.05, 4.69) is 30.6 Å². The summed E-state index contributed by atoms with van der Waals surface area (Å²) in [6.07, 6.45) is 10.3. The molecule has 0 aromatic carbocycles. The van der Waals surface area contributed by atoms with Crippen LogP contribution in [-0.4, -0.2) is 26.7 Å². The molecule has 2 heteroatoms. The van der Waals surface area contributed by atoms with Crippen molar-refractivity contribution in [1.82, 2.24) is 10.6 Å². The average Bonchev–Trinajstić information content (AvgIpc) is 2.32. The van der Waals surface area contributed by atoms with Crippen molar-refractivity contribution in [2.24, 2.45) is 5.41 Å². The molecule has 1 aliphatic carbocycles. The Morgan fingerprint density at radius 3 is 2.65 bits per heavy atom. The molecule has 0 radical (unpaired) electrons. The fraction of sp³-hybridized carbons (Fsp3) is 0.867. The lowest BCUT2D eigenvalue weighted by Crippen LogP contribution is -2.33. The SMILES string of the molecule is CNCCCCCNCC1(C)CC=C(C)CC1. The van der Waals surface area contributed by atoms with Gasteiger partial charge in [-0.05, 0) is 64.6 Å². The smallest absolute Gasteiger partial charge is 0.000824 e. The number of unbranched alkanes of at least 4 members (excludes halogenated alkanes) is 2. The lowest BCUT2D eigenvalue weighted by atomic mass is 9.77. The van der Waals surface area contributed by atoms with Crippen molar-refractivity contribution in [2.45, 2.75) is 52.4 Å². The quantitative estimate of drug-likeness (QED) is 0.501. The van der Waals surface area contributed by atoms with E-state index < -0.39 is 0 Å². The van der Waals surface area contributed by atoms with Gasteiger partial charge in [-0.1, -0.05) is 25.0 Å². The first-order chi connectivity index (χ1) is 8.16. The van der Waals surface area contributed by atoms with E-state index >= 15 is 0 Å². The number of nitrogens with one attached hydrogen (secondary N) is 2. The van der Waals surface area contributed by atoms with Crippen molar-refractivity contribution >= 4 is 0 Å². The Hall–Kier alpha value is -0.340. The van der Waals surface area contributed by atoms with Gasteiger partial charge in [0.15, 0.2) is 0 Å². The molecule has 1 rings (SSSR count). The van der Waals surface area contributed by atoms with E-state index in [0.29, 0.717) is 5.41 Å². The summed E-state index contributed by atoms with van der Waals surface area (Å²) < 4.78 is 0. The fourth-order valence-electron chi connectivity index (χ4n) is 2.40. The van der Waals surface area contributed by atoms with E-state index in [-0.39, 0.29) is 0 Å². The second-order valence-corrected chi connectivity index (χ2v) is 5.91. The summed E-state index contributed by atoms with van der Waals surface area (Å²) in [5, 5.41) is 6.83. The van der Waals surface area contributed by atoms with E-state index in [1.54, 1.807) is 5.57 Å². The first-order valence-corrected chi connectivity index (χ1v) is 7.17. The average molecular weight is 238 g/mol. The molecule has 2 nitrogen and oxygen atoms in total. The Balaban J connectivity index is 2.02. The summed E-state index contributed by atoms with van der Waals surface area (Å²) >= 11 is 0. The molecule has 100 valence electrons. The topological polar surface area (TPSA) is 24.1 Å².